The topological polar surface area (TPSA) is 37.1 Å². The summed E-state index contributed by atoms with van der Waals surface area (Å²) in [6, 6.07) is 83.3. The van der Waals surface area contributed by atoms with Crippen molar-refractivity contribution in [2.75, 3.05) is 10.1 Å². The summed E-state index contributed by atoms with van der Waals surface area (Å²) < 4.78 is 2.29. The van der Waals surface area contributed by atoms with Crippen LogP contribution in [-0.4, -0.2) is 22.6 Å². The molecule has 8 aromatic carbocycles. The second-order valence-corrected chi connectivity index (χ2v) is 18.5. The van der Waals surface area contributed by atoms with Gasteiger partial charge >= 0.3 is 0 Å². The molecule has 0 atom stereocenters. The minimum Gasteiger partial charge on any atom is -0.319 e. The van der Waals surface area contributed by atoms with Gasteiger partial charge in [-0.2, -0.15) is 51.7 Å². The van der Waals surface area contributed by atoms with Gasteiger partial charge in [0, 0.05) is 38.5 Å². The quantitative estimate of drug-likeness (QED) is 0.0659. The molecule has 0 radical (unpaired) electrons. The van der Waals surface area contributed by atoms with E-state index in [1.165, 1.54) is 10.4 Å². The van der Waals surface area contributed by atoms with Crippen molar-refractivity contribution in [2.45, 2.75) is 0 Å². The number of aromatic nitrogens is 2. The molecular formula is C53H37N4OPtSi-. The molecule has 7 heteroatoms. The van der Waals surface area contributed by atoms with Crippen molar-refractivity contribution in [3.8, 4) is 16.9 Å². The average molecular weight is 969 g/mol. The molecule has 11 rings (SSSR count). The van der Waals surface area contributed by atoms with E-state index >= 15 is 0 Å². The van der Waals surface area contributed by atoms with E-state index in [-0.39, 0.29) is 21.1 Å². The molecule has 1 aliphatic rings. The van der Waals surface area contributed by atoms with Crippen molar-refractivity contribution in [1.29, 1.82) is 0 Å². The number of nitrogens with zero attached hydrogens (tertiary/aromatic N) is 4. The zero-order valence-corrected chi connectivity index (χ0v) is 35.6. The number of benzene rings is 8. The summed E-state index contributed by atoms with van der Waals surface area (Å²) in [5, 5.41) is 11.1. The monoisotopic (exact) mass is 968 g/mol. The number of hydrogen-bond acceptors (Lipinski definition) is 3. The molecule has 5 nitrogen and oxygen atoms in total. The molecule has 0 aliphatic carbocycles. The number of hydrogen-bond donors (Lipinski definition) is 0. The van der Waals surface area contributed by atoms with E-state index in [4.69, 9.17) is 9.92 Å². The molecule has 0 saturated heterocycles. The van der Waals surface area contributed by atoms with Crippen LogP contribution in [0.3, 0.4) is 0 Å². The van der Waals surface area contributed by atoms with E-state index in [1.807, 2.05) is 34.5 Å². The molecule has 2 aromatic heterocycles. The van der Waals surface area contributed by atoms with Gasteiger partial charge in [-0.15, -0.1) is 16.5 Å². The predicted molar refractivity (Wildman–Crippen MR) is 244 cm³/mol. The summed E-state index contributed by atoms with van der Waals surface area (Å²) in [5.41, 5.74) is 8.22. The first kappa shape index (κ1) is 37.4. The Morgan fingerprint density at radius 2 is 1.07 bits per heavy atom. The van der Waals surface area contributed by atoms with E-state index in [0.29, 0.717) is 0 Å². The summed E-state index contributed by atoms with van der Waals surface area (Å²) in [4.78, 5) is 10.2. The van der Waals surface area contributed by atoms with Crippen molar-refractivity contribution < 1.29 is 26.0 Å². The summed E-state index contributed by atoms with van der Waals surface area (Å²) in [6.07, 6.45) is 1.91. The summed E-state index contributed by atoms with van der Waals surface area (Å²) in [5.74, 6) is 0.850. The van der Waals surface area contributed by atoms with Gasteiger partial charge in [0.25, 0.3) is 0 Å². The molecule has 10 aromatic rings. The molecule has 0 unspecified atom stereocenters. The first-order valence-electron chi connectivity index (χ1n) is 19.8. The number of anilines is 4. The standard InChI is InChI=1S/C53H36N4OSi.Pt/c1-5-18-39(19-6-1)40-34-35-54-53(36-40)55-49-29-14-13-28-47(49)48-33-32-46(38-52(48)55)59(43-23-9-3-10-24-43,44-25-11-4-12-26-44)45-27-17-22-42(37-45)57-51-31-16-15-30-50(51)56(58-57)41-20-7-2-8-21-41;/h1-36H;/q-2;/p+1. The largest absolute Gasteiger partial charge is 0.319 e. The second kappa shape index (κ2) is 15.7. The first-order valence-corrected chi connectivity index (χ1v) is 21.8. The minimum absolute atomic E-state index is 0. The molecule has 0 spiro atoms. The van der Waals surface area contributed by atoms with Gasteiger partial charge in [-0.25, -0.2) is 4.98 Å². The minimum atomic E-state index is -3.14. The van der Waals surface area contributed by atoms with Crippen LogP contribution >= 0.6 is 0 Å². The Morgan fingerprint density at radius 3 is 1.78 bits per heavy atom. The van der Waals surface area contributed by atoms with Crippen LogP contribution in [0.2, 0.25) is 0 Å². The van der Waals surface area contributed by atoms with Gasteiger partial charge in [0.05, 0.1) is 0 Å². The van der Waals surface area contributed by atoms with Crippen LogP contribution in [0.4, 0.5) is 22.7 Å². The molecule has 60 heavy (non-hydrogen) atoms. The Hall–Kier alpha value is -6.82. The molecule has 0 amide bonds. The van der Waals surface area contributed by atoms with Crippen molar-refractivity contribution in [3.05, 3.63) is 231 Å². The third-order valence-corrected chi connectivity index (χ3v) is 16.0. The number of fused-ring (bicyclic) bond motifs is 4. The first-order chi connectivity index (χ1) is 29.3. The van der Waals surface area contributed by atoms with Gasteiger partial charge < -0.3 is 4.57 Å². The van der Waals surface area contributed by atoms with Crippen LogP contribution in [0.25, 0.3) is 38.8 Å². The summed E-state index contributed by atoms with van der Waals surface area (Å²) in [6.45, 7) is 0. The summed E-state index contributed by atoms with van der Waals surface area (Å²) in [7, 11) is -3.14. The average Bonchev–Trinajstić information content (AvgIpc) is 3.87. The van der Waals surface area contributed by atoms with Gasteiger partial charge in [0.1, 0.15) is 31.0 Å². The van der Waals surface area contributed by atoms with Crippen molar-refractivity contribution >= 4 is 73.4 Å². The van der Waals surface area contributed by atoms with E-state index in [9.17, 15) is 0 Å². The van der Waals surface area contributed by atoms with E-state index < -0.39 is 8.07 Å². The number of para-hydroxylation sites is 4. The molecule has 290 valence electrons. The SMILES string of the molecule is [Pt].[c-]1c(N2[OH+]N(c3ccccc3)c3ccccc32)cccc1[Si](c1[c-]c2c(cc1)c1ccccc1n2-c1cc(-c2ccccc2)ccn1)(c1ccccc1)c1ccccc1. The van der Waals surface area contributed by atoms with Crippen molar-refractivity contribution in [1.82, 2.24) is 9.55 Å². The zero-order chi connectivity index (χ0) is 39.2. The molecule has 0 fully saturated rings. The molecule has 1 N–H and O–H groups in total. The zero-order valence-electron chi connectivity index (χ0n) is 32.3. The van der Waals surface area contributed by atoms with E-state index in [1.54, 1.807) is 0 Å². The van der Waals surface area contributed by atoms with Crippen LogP contribution in [0, 0.1) is 12.1 Å². The maximum Gasteiger partial charge on any atom is 0.148 e. The van der Waals surface area contributed by atoms with Crippen LogP contribution in [0.15, 0.2) is 219 Å². The Bertz CT molecular complexity index is 3070. The number of rotatable bonds is 8. The van der Waals surface area contributed by atoms with Gasteiger partial charge in [0.2, 0.25) is 0 Å². The van der Waals surface area contributed by atoms with Gasteiger partial charge in [0.15, 0.2) is 0 Å². The Morgan fingerprint density at radius 1 is 0.467 bits per heavy atom. The smallest absolute Gasteiger partial charge is 0.148 e. The van der Waals surface area contributed by atoms with Crippen LogP contribution in [-0.2, 0) is 21.1 Å². The second-order valence-electron chi connectivity index (χ2n) is 14.7. The van der Waals surface area contributed by atoms with Crippen LogP contribution < -0.4 is 30.9 Å². The Kier molecular flexibility index (Phi) is 9.82. The van der Waals surface area contributed by atoms with Crippen molar-refractivity contribution in [2.24, 2.45) is 0 Å². The fraction of sp³-hybridized carbons (Fsp3) is 0. The molecule has 0 saturated carbocycles. The normalized spacial score (nSPS) is 12.4. The maximum absolute atomic E-state index is 5.21. The number of pyridine rings is 1. The Balaban J connectivity index is 0.00000433. The van der Waals surface area contributed by atoms with Crippen LogP contribution in [0.5, 0.6) is 0 Å². The molecule has 0 bridgehead atoms. The molecule has 3 heterocycles. The molecule has 1 aliphatic heterocycles. The van der Waals surface area contributed by atoms with Crippen LogP contribution in [0.1, 0.15) is 0 Å². The molecular weight excluding hydrogens is 932 g/mol. The van der Waals surface area contributed by atoms with Gasteiger partial charge in [-0.3, -0.25) is 0 Å². The van der Waals surface area contributed by atoms with E-state index in [2.05, 4.69) is 211 Å². The fourth-order valence-electron chi connectivity index (χ4n) is 8.76. The van der Waals surface area contributed by atoms with Gasteiger partial charge in [-0.1, -0.05) is 150 Å². The fourth-order valence-corrected chi connectivity index (χ4v) is 13.3. The van der Waals surface area contributed by atoms with E-state index in [0.717, 1.165) is 71.9 Å². The predicted octanol–water partition coefficient (Wildman–Crippen LogP) is 9.95. The third kappa shape index (κ3) is 6.20. The Labute approximate surface area is 364 Å². The maximum atomic E-state index is 5.21. The third-order valence-electron chi connectivity index (χ3n) is 11.4. The summed E-state index contributed by atoms with van der Waals surface area (Å²) >= 11 is 0. The van der Waals surface area contributed by atoms with Gasteiger partial charge in [-0.05, 0) is 69.4 Å². The van der Waals surface area contributed by atoms with Crippen molar-refractivity contribution in [3.63, 3.8) is 0 Å².